The Morgan fingerprint density at radius 2 is 1.80 bits per heavy atom. The summed E-state index contributed by atoms with van der Waals surface area (Å²) in [5.74, 6) is -1.81. The van der Waals surface area contributed by atoms with Gasteiger partial charge in [-0.3, -0.25) is 9.59 Å². The molecule has 2 aliphatic rings. The van der Waals surface area contributed by atoms with Gasteiger partial charge in [0.2, 0.25) is 11.8 Å². The number of hydrogen-bond donors (Lipinski definition) is 3. The van der Waals surface area contributed by atoms with Gasteiger partial charge in [-0.2, -0.15) is 0 Å². The highest BCUT2D eigenvalue weighted by atomic mass is 35.5. The average Bonchev–Trinajstić information content (AvgIpc) is 3.52. The number of carboxylic acids is 1. The Morgan fingerprint density at radius 1 is 1.10 bits per heavy atom. The molecule has 4 N–H and O–H groups in total. The van der Waals surface area contributed by atoms with E-state index in [4.69, 9.17) is 17.3 Å². The van der Waals surface area contributed by atoms with Crippen LogP contribution in [0.15, 0.2) is 48.5 Å². The summed E-state index contributed by atoms with van der Waals surface area (Å²) >= 11 is 6.39. The number of halogens is 2. The van der Waals surface area contributed by atoms with Gasteiger partial charge in [-0.05, 0) is 61.8 Å². The molecule has 3 atom stereocenters. The highest BCUT2D eigenvalue weighted by Gasteiger charge is 2.44. The van der Waals surface area contributed by atoms with Crippen molar-refractivity contribution in [2.75, 3.05) is 18.5 Å². The molecule has 40 heavy (non-hydrogen) atoms. The zero-order valence-corrected chi connectivity index (χ0v) is 23.1. The van der Waals surface area contributed by atoms with E-state index < -0.39 is 24.7 Å². The lowest BCUT2D eigenvalue weighted by Gasteiger charge is -2.35. The van der Waals surface area contributed by atoms with Crippen molar-refractivity contribution >= 4 is 46.0 Å². The first-order valence-corrected chi connectivity index (χ1v) is 14.1. The van der Waals surface area contributed by atoms with Crippen molar-refractivity contribution in [2.24, 2.45) is 24.6 Å². The Kier molecular flexibility index (Phi) is 8.14. The minimum atomic E-state index is -1.14. The van der Waals surface area contributed by atoms with Crippen LogP contribution in [0, 0.1) is 11.8 Å². The van der Waals surface area contributed by atoms with E-state index in [-0.39, 0.29) is 40.3 Å². The number of carbonyl (C=O) groups is 3. The predicted octanol–water partition coefficient (Wildman–Crippen LogP) is 4.96. The van der Waals surface area contributed by atoms with E-state index in [9.17, 15) is 23.9 Å². The minimum Gasteiger partial charge on any atom is -0.477 e. The second-order valence-electron chi connectivity index (χ2n) is 11.0. The van der Waals surface area contributed by atoms with Gasteiger partial charge < -0.3 is 25.6 Å². The van der Waals surface area contributed by atoms with E-state index in [2.05, 4.69) is 5.32 Å². The first-order valence-electron chi connectivity index (χ1n) is 13.7. The van der Waals surface area contributed by atoms with Crippen LogP contribution in [0.3, 0.4) is 0 Å². The van der Waals surface area contributed by atoms with Gasteiger partial charge in [0, 0.05) is 42.5 Å². The number of nitrogens with one attached hydrogen (secondary N) is 1. The number of anilines is 1. The second kappa shape index (κ2) is 11.6. The fraction of sp³-hybridized carbons (Fsp3) is 0.433. The lowest BCUT2D eigenvalue weighted by Crippen LogP contribution is -2.48. The molecular weight excluding hydrogens is 535 g/mol. The third-order valence-electron chi connectivity index (χ3n) is 8.69. The fourth-order valence-corrected chi connectivity index (χ4v) is 6.86. The Labute approximate surface area is 237 Å². The molecule has 0 bridgehead atoms. The lowest BCUT2D eigenvalue weighted by molar-refractivity contribution is -0.141. The standard InChI is InChI=1S/C30H34ClFN4O4/c1-35-24-12-11-20(15-22(24)25(31)27(35)30(39)40)34-28(37)26-21(17-5-3-2-4-6-17)13-14-36(26)29(38)19-9-7-18(8-10-19)23(33)16-32/h2-6,11-12,15,18-19,21,23,26H,7-10,13-14,16,33H2,1H3,(H,34,37)(H,39,40)/t18-,19-,21-,23?,26+/m1/s1. The van der Waals surface area contributed by atoms with Crippen LogP contribution in [0.25, 0.3) is 10.9 Å². The number of carboxylic acid groups (broad SMARTS) is 1. The van der Waals surface area contributed by atoms with Crippen molar-refractivity contribution in [1.82, 2.24) is 9.47 Å². The van der Waals surface area contributed by atoms with Crippen molar-refractivity contribution in [3.63, 3.8) is 0 Å². The van der Waals surface area contributed by atoms with E-state index in [0.29, 0.717) is 55.2 Å². The van der Waals surface area contributed by atoms with Gasteiger partial charge in [0.25, 0.3) is 0 Å². The molecule has 1 unspecified atom stereocenters. The molecule has 1 saturated heterocycles. The number of nitrogens with two attached hydrogens (primary N) is 1. The van der Waals surface area contributed by atoms with Gasteiger partial charge in [-0.1, -0.05) is 41.9 Å². The average molecular weight is 569 g/mol. The summed E-state index contributed by atoms with van der Waals surface area (Å²) < 4.78 is 14.6. The molecular formula is C30H34ClFN4O4. The van der Waals surface area contributed by atoms with Gasteiger partial charge in [-0.15, -0.1) is 0 Å². The Balaban J connectivity index is 1.40. The SMILES string of the molecule is Cn1c(C(=O)O)c(Cl)c2cc(NC(=O)[C@@H]3[C@@H](c4ccccc4)CCN3C(=O)[C@H]3CC[C@H](C(N)CF)CC3)ccc21. The first kappa shape index (κ1) is 28.1. The number of aromatic nitrogens is 1. The Hall–Kier alpha value is -3.43. The summed E-state index contributed by atoms with van der Waals surface area (Å²) in [6.45, 7) is -0.0973. The highest BCUT2D eigenvalue weighted by molar-refractivity contribution is 6.38. The Bertz CT molecular complexity index is 1420. The number of fused-ring (bicyclic) bond motifs is 1. The lowest BCUT2D eigenvalue weighted by atomic mass is 9.78. The molecule has 2 aromatic carbocycles. The van der Waals surface area contributed by atoms with Crippen LogP contribution in [0.4, 0.5) is 10.1 Å². The molecule has 5 rings (SSSR count). The number of aryl methyl sites for hydroxylation is 1. The topological polar surface area (TPSA) is 118 Å². The van der Waals surface area contributed by atoms with Crippen molar-refractivity contribution in [3.8, 4) is 0 Å². The molecule has 2 fully saturated rings. The largest absolute Gasteiger partial charge is 0.477 e. The number of hydrogen-bond acceptors (Lipinski definition) is 4. The van der Waals surface area contributed by atoms with Crippen LogP contribution >= 0.6 is 11.6 Å². The molecule has 212 valence electrons. The van der Waals surface area contributed by atoms with Gasteiger partial charge in [0.1, 0.15) is 18.4 Å². The maximum atomic E-state index is 13.9. The van der Waals surface area contributed by atoms with Crippen LogP contribution in [-0.2, 0) is 16.6 Å². The summed E-state index contributed by atoms with van der Waals surface area (Å²) in [5.41, 5.74) is 7.97. The van der Waals surface area contributed by atoms with Gasteiger partial charge in [0.15, 0.2) is 0 Å². The third-order valence-corrected chi connectivity index (χ3v) is 9.07. The number of rotatable bonds is 7. The molecule has 2 amide bonds. The van der Waals surface area contributed by atoms with Crippen LogP contribution in [0.5, 0.6) is 0 Å². The molecule has 0 spiro atoms. The maximum Gasteiger partial charge on any atom is 0.354 e. The molecule has 1 aliphatic carbocycles. The first-order chi connectivity index (χ1) is 19.2. The predicted molar refractivity (Wildman–Crippen MR) is 152 cm³/mol. The second-order valence-corrected chi connectivity index (χ2v) is 11.3. The zero-order chi connectivity index (χ0) is 28.6. The van der Waals surface area contributed by atoms with Gasteiger partial charge in [-0.25, -0.2) is 9.18 Å². The maximum absolute atomic E-state index is 13.9. The Morgan fingerprint density at radius 3 is 2.45 bits per heavy atom. The van der Waals surface area contributed by atoms with Crippen LogP contribution < -0.4 is 11.1 Å². The van der Waals surface area contributed by atoms with Crippen LogP contribution in [-0.4, -0.2) is 57.7 Å². The minimum absolute atomic E-state index is 0.0287. The molecule has 1 aromatic heterocycles. The highest BCUT2D eigenvalue weighted by Crippen LogP contribution is 2.39. The monoisotopic (exact) mass is 568 g/mol. The molecule has 10 heteroatoms. The number of aromatic carboxylic acids is 1. The summed E-state index contributed by atoms with van der Waals surface area (Å²) in [4.78, 5) is 41.1. The van der Waals surface area contributed by atoms with Crippen LogP contribution in [0.2, 0.25) is 5.02 Å². The summed E-state index contributed by atoms with van der Waals surface area (Å²) in [7, 11) is 1.63. The van der Waals surface area contributed by atoms with E-state index in [1.165, 1.54) is 4.57 Å². The number of amides is 2. The van der Waals surface area contributed by atoms with Crippen molar-refractivity contribution < 1.29 is 23.9 Å². The summed E-state index contributed by atoms with van der Waals surface area (Å²) in [6, 6.07) is 13.6. The number of carbonyl (C=O) groups excluding carboxylic acids is 2. The van der Waals surface area contributed by atoms with E-state index in [1.54, 1.807) is 30.1 Å². The zero-order valence-electron chi connectivity index (χ0n) is 22.4. The summed E-state index contributed by atoms with van der Waals surface area (Å²) in [6.07, 6.45) is 3.32. The van der Waals surface area contributed by atoms with Crippen molar-refractivity contribution in [2.45, 2.75) is 50.1 Å². The van der Waals surface area contributed by atoms with E-state index >= 15 is 0 Å². The number of nitrogens with zero attached hydrogens (tertiary/aromatic N) is 2. The fourth-order valence-electron chi connectivity index (χ4n) is 6.50. The van der Waals surface area contributed by atoms with Gasteiger partial charge >= 0.3 is 5.97 Å². The number of benzene rings is 2. The number of likely N-dealkylation sites (tertiary alicyclic amines) is 1. The van der Waals surface area contributed by atoms with Gasteiger partial charge in [0.05, 0.1) is 10.5 Å². The van der Waals surface area contributed by atoms with E-state index in [0.717, 1.165) is 5.56 Å². The van der Waals surface area contributed by atoms with Crippen LogP contribution in [0.1, 0.15) is 54.1 Å². The number of alkyl halides is 1. The molecule has 1 saturated carbocycles. The molecule has 2 heterocycles. The molecule has 3 aromatic rings. The molecule has 1 aliphatic heterocycles. The van der Waals surface area contributed by atoms with Crippen molar-refractivity contribution in [1.29, 1.82) is 0 Å². The van der Waals surface area contributed by atoms with Crippen molar-refractivity contribution in [3.05, 3.63) is 64.8 Å². The smallest absolute Gasteiger partial charge is 0.354 e. The quantitative estimate of drug-likeness (QED) is 0.372. The summed E-state index contributed by atoms with van der Waals surface area (Å²) in [5, 5.41) is 13.1. The van der Waals surface area contributed by atoms with E-state index in [1.807, 2.05) is 30.3 Å². The molecule has 0 radical (unpaired) electrons. The molecule has 8 nitrogen and oxygen atoms in total. The normalized spacial score (nSPS) is 23.8. The third kappa shape index (κ3) is 5.20.